The SMILES string of the molecule is COCCCNC(=O)/C(C#N)=C\N(CCOC)C1CCS(=O)(=O)C1. The summed E-state index contributed by atoms with van der Waals surface area (Å²) < 4.78 is 33.3. The highest BCUT2D eigenvalue weighted by molar-refractivity contribution is 7.91. The van der Waals surface area contributed by atoms with E-state index < -0.39 is 15.7 Å². The van der Waals surface area contributed by atoms with E-state index in [1.165, 1.54) is 6.20 Å². The lowest BCUT2D eigenvalue weighted by Gasteiger charge is -2.26. The Morgan fingerprint density at radius 1 is 1.38 bits per heavy atom. The van der Waals surface area contributed by atoms with Crippen molar-refractivity contribution in [3.63, 3.8) is 0 Å². The molecule has 24 heavy (non-hydrogen) atoms. The second-order valence-electron chi connectivity index (χ2n) is 5.54. The number of ether oxygens (including phenoxy) is 2. The Hall–Kier alpha value is -1.63. The molecule has 1 N–H and O–H groups in total. The monoisotopic (exact) mass is 359 g/mol. The van der Waals surface area contributed by atoms with Crippen molar-refractivity contribution in [3.8, 4) is 6.07 Å². The Labute approximate surface area is 143 Å². The molecule has 0 aromatic rings. The van der Waals surface area contributed by atoms with Crippen molar-refractivity contribution in [3.05, 3.63) is 11.8 Å². The van der Waals surface area contributed by atoms with Crippen molar-refractivity contribution < 1.29 is 22.7 Å². The third-order valence-electron chi connectivity index (χ3n) is 3.70. The van der Waals surface area contributed by atoms with Crippen LogP contribution >= 0.6 is 0 Å². The fourth-order valence-electron chi connectivity index (χ4n) is 2.40. The first-order valence-corrected chi connectivity index (χ1v) is 9.59. The average Bonchev–Trinajstić information content (AvgIpc) is 2.91. The van der Waals surface area contributed by atoms with Crippen molar-refractivity contribution >= 4 is 15.7 Å². The minimum absolute atomic E-state index is 0.0291. The first-order chi connectivity index (χ1) is 11.4. The molecule has 1 heterocycles. The zero-order chi connectivity index (χ0) is 18.0. The first-order valence-electron chi connectivity index (χ1n) is 7.77. The number of nitrogens with zero attached hydrogens (tertiary/aromatic N) is 2. The van der Waals surface area contributed by atoms with E-state index in [1.807, 2.05) is 6.07 Å². The van der Waals surface area contributed by atoms with Gasteiger partial charge in [-0.15, -0.1) is 0 Å². The predicted octanol–water partition coefficient (Wildman–Crippen LogP) is -0.318. The highest BCUT2D eigenvalue weighted by Crippen LogP contribution is 2.18. The van der Waals surface area contributed by atoms with Crippen LogP contribution in [-0.4, -0.2) is 77.3 Å². The lowest BCUT2D eigenvalue weighted by atomic mass is 10.2. The summed E-state index contributed by atoms with van der Waals surface area (Å²) in [6, 6.07) is 1.64. The molecule has 0 spiro atoms. The number of sulfone groups is 1. The summed E-state index contributed by atoms with van der Waals surface area (Å²) in [4.78, 5) is 13.8. The molecule has 0 bridgehead atoms. The van der Waals surface area contributed by atoms with Crippen molar-refractivity contribution in [1.29, 1.82) is 5.26 Å². The molecule has 0 radical (unpaired) electrons. The summed E-state index contributed by atoms with van der Waals surface area (Å²) in [5.74, 6) is -0.321. The predicted molar refractivity (Wildman–Crippen MR) is 88.8 cm³/mol. The van der Waals surface area contributed by atoms with E-state index in [0.717, 1.165) is 0 Å². The Balaban J connectivity index is 2.77. The van der Waals surface area contributed by atoms with Gasteiger partial charge >= 0.3 is 0 Å². The maximum Gasteiger partial charge on any atom is 0.263 e. The van der Waals surface area contributed by atoms with E-state index in [-0.39, 0.29) is 23.1 Å². The van der Waals surface area contributed by atoms with Crippen LogP contribution in [0.4, 0.5) is 0 Å². The fraction of sp³-hybridized carbons (Fsp3) is 0.733. The van der Waals surface area contributed by atoms with E-state index in [1.54, 1.807) is 19.1 Å². The van der Waals surface area contributed by atoms with Crippen LogP contribution in [0.25, 0.3) is 0 Å². The highest BCUT2D eigenvalue weighted by atomic mass is 32.2. The van der Waals surface area contributed by atoms with Gasteiger partial charge in [-0.2, -0.15) is 5.26 Å². The highest BCUT2D eigenvalue weighted by Gasteiger charge is 2.31. The fourth-order valence-corrected chi connectivity index (χ4v) is 4.15. The van der Waals surface area contributed by atoms with Gasteiger partial charge in [-0.3, -0.25) is 4.79 Å². The number of methoxy groups -OCH3 is 2. The van der Waals surface area contributed by atoms with E-state index in [9.17, 15) is 18.5 Å². The normalized spacial score (nSPS) is 19.7. The minimum Gasteiger partial charge on any atom is -0.385 e. The van der Waals surface area contributed by atoms with Crippen LogP contribution < -0.4 is 5.32 Å². The van der Waals surface area contributed by atoms with Crippen LogP contribution in [0.2, 0.25) is 0 Å². The third kappa shape index (κ3) is 6.86. The largest absolute Gasteiger partial charge is 0.385 e. The molecule has 8 nitrogen and oxygen atoms in total. The van der Waals surface area contributed by atoms with Crippen LogP contribution in [0.15, 0.2) is 11.8 Å². The molecule has 1 amide bonds. The summed E-state index contributed by atoms with van der Waals surface area (Å²) in [7, 11) is 0.0599. The van der Waals surface area contributed by atoms with Gasteiger partial charge in [0, 0.05) is 46.2 Å². The number of nitriles is 1. The minimum atomic E-state index is -3.06. The molecule has 1 unspecified atom stereocenters. The Morgan fingerprint density at radius 3 is 2.62 bits per heavy atom. The number of carbonyl (C=O) groups is 1. The molecule has 9 heteroatoms. The lowest BCUT2D eigenvalue weighted by molar-refractivity contribution is -0.117. The Morgan fingerprint density at radius 2 is 2.08 bits per heavy atom. The molecule has 1 rings (SSSR count). The smallest absolute Gasteiger partial charge is 0.263 e. The maximum atomic E-state index is 12.1. The molecule has 1 fully saturated rings. The molecule has 0 aliphatic carbocycles. The van der Waals surface area contributed by atoms with Crippen LogP contribution in [-0.2, 0) is 24.1 Å². The van der Waals surface area contributed by atoms with Gasteiger partial charge in [0.15, 0.2) is 9.84 Å². The molecule has 1 atom stereocenters. The summed E-state index contributed by atoms with van der Waals surface area (Å²) in [5.41, 5.74) is -0.0483. The number of rotatable bonds is 10. The van der Waals surface area contributed by atoms with Gasteiger partial charge in [-0.1, -0.05) is 0 Å². The lowest BCUT2D eigenvalue weighted by Crippen LogP contribution is -2.36. The topological polar surface area (TPSA) is 109 Å². The van der Waals surface area contributed by atoms with Crippen molar-refractivity contribution in [2.75, 3.05) is 52.0 Å². The van der Waals surface area contributed by atoms with Crippen molar-refractivity contribution in [2.24, 2.45) is 0 Å². The number of amides is 1. The summed E-state index contributed by atoms with van der Waals surface area (Å²) >= 11 is 0. The van der Waals surface area contributed by atoms with Gasteiger partial charge in [0.25, 0.3) is 5.91 Å². The molecular weight excluding hydrogens is 334 g/mol. The molecule has 1 saturated heterocycles. The molecule has 0 saturated carbocycles. The van der Waals surface area contributed by atoms with Crippen LogP contribution in [0.1, 0.15) is 12.8 Å². The molecule has 1 aliphatic heterocycles. The average molecular weight is 359 g/mol. The van der Waals surface area contributed by atoms with E-state index in [4.69, 9.17) is 9.47 Å². The van der Waals surface area contributed by atoms with Gasteiger partial charge < -0.3 is 19.7 Å². The quantitative estimate of drug-likeness (QED) is 0.323. The van der Waals surface area contributed by atoms with Gasteiger partial charge in [-0.05, 0) is 12.8 Å². The second-order valence-corrected chi connectivity index (χ2v) is 7.77. The number of hydrogen-bond donors (Lipinski definition) is 1. The molecule has 1 aliphatic rings. The third-order valence-corrected chi connectivity index (χ3v) is 5.45. The van der Waals surface area contributed by atoms with E-state index in [2.05, 4.69) is 5.32 Å². The summed E-state index contributed by atoms with van der Waals surface area (Å²) in [6.45, 7) is 1.72. The maximum absolute atomic E-state index is 12.1. The van der Waals surface area contributed by atoms with E-state index >= 15 is 0 Å². The zero-order valence-corrected chi connectivity index (χ0v) is 15.0. The van der Waals surface area contributed by atoms with Crippen molar-refractivity contribution in [2.45, 2.75) is 18.9 Å². The molecule has 0 aromatic carbocycles. The van der Waals surface area contributed by atoms with Crippen molar-refractivity contribution in [1.82, 2.24) is 10.2 Å². The van der Waals surface area contributed by atoms with Gasteiger partial charge in [0.2, 0.25) is 0 Å². The number of hydrogen-bond acceptors (Lipinski definition) is 7. The van der Waals surface area contributed by atoms with Crippen LogP contribution in [0, 0.1) is 11.3 Å². The van der Waals surface area contributed by atoms with E-state index in [0.29, 0.717) is 39.1 Å². The molecular formula is C15H25N3O5S. The first kappa shape index (κ1) is 20.4. The molecule has 0 aromatic heterocycles. The summed E-state index contributed by atoms with van der Waals surface area (Å²) in [5, 5.41) is 11.9. The second kappa shape index (κ2) is 10.3. The standard InChI is InChI=1S/C15H25N3O5S/c1-22-7-3-5-17-15(19)13(10-16)11-18(6-8-23-2)14-4-9-24(20,21)12-14/h11,14H,3-9,12H2,1-2H3,(H,17,19)/b13-11-. The van der Waals surface area contributed by atoms with Gasteiger partial charge in [0.05, 0.1) is 18.1 Å². The number of nitrogens with one attached hydrogen (secondary N) is 1. The Bertz CT molecular complexity index is 582. The zero-order valence-electron chi connectivity index (χ0n) is 14.2. The van der Waals surface area contributed by atoms with Gasteiger partial charge in [-0.25, -0.2) is 8.42 Å². The molecule has 136 valence electrons. The van der Waals surface area contributed by atoms with Crippen LogP contribution in [0.3, 0.4) is 0 Å². The number of carbonyl (C=O) groups excluding carboxylic acids is 1. The van der Waals surface area contributed by atoms with Crippen LogP contribution in [0.5, 0.6) is 0 Å². The summed E-state index contributed by atoms with van der Waals surface area (Å²) in [6.07, 6.45) is 2.57. The Kier molecular flexibility index (Phi) is 8.74. The van der Waals surface area contributed by atoms with Gasteiger partial charge in [0.1, 0.15) is 11.6 Å².